The van der Waals surface area contributed by atoms with Crippen LogP contribution in [0.25, 0.3) is 11.0 Å². The number of piperazine rings is 1. The lowest BCUT2D eigenvalue weighted by molar-refractivity contribution is -0.143. The molecule has 1 atom stereocenters. The molecule has 0 saturated carbocycles. The van der Waals surface area contributed by atoms with Crippen LogP contribution in [0.3, 0.4) is 0 Å². The van der Waals surface area contributed by atoms with Crippen LogP contribution in [0, 0.1) is 0 Å². The third-order valence-corrected chi connectivity index (χ3v) is 8.08. The van der Waals surface area contributed by atoms with Crippen LogP contribution in [-0.2, 0) is 28.2 Å². The quantitative estimate of drug-likeness (QED) is 0.243. The third-order valence-electron chi connectivity index (χ3n) is 8.08. The summed E-state index contributed by atoms with van der Waals surface area (Å²) in [5.74, 6) is -0.0596. The Kier molecular flexibility index (Phi) is 7.57. The first-order valence-corrected chi connectivity index (χ1v) is 14.2. The van der Waals surface area contributed by atoms with Gasteiger partial charge in [0.1, 0.15) is 12.2 Å². The molecule has 0 aliphatic carbocycles. The summed E-state index contributed by atoms with van der Waals surface area (Å²) in [5, 5.41) is 12.2. The molecule has 1 aromatic heterocycles. The minimum absolute atomic E-state index is 0.0320. The Hall–Kier alpha value is -4.05. The lowest BCUT2D eigenvalue weighted by Gasteiger charge is -2.35. The van der Waals surface area contributed by atoms with Gasteiger partial charge in [-0.2, -0.15) is 0 Å². The predicted octanol–water partition coefficient (Wildman–Crippen LogP) is 3.14. The van der Waals surface area contributed by atoms with Gasteiger partial charge in [-0.15, -0.1) is 0 Å². The summed E-state index contributed by atoms with van der Waals surface area (Å²) in [4.78, 5) is 40.0. The second-order valence-corrected chi connectivity index (χ2v) is 10.9. The molecule has 1 fully saturated rings. The third kappa shape index (κ3) is 5.48. The van der Waals surface area contributed by atoms with E-state index in [1.807, 2.05) is 36.4 Å². The van der Waals surface area contributed by atoms with Gasteiger partial charge in [0.2, 0.25) is 0 Å². The molecule has 1 unspecified atom stereocenters. The van der Waals surface area contributed by atoms with Crippen molar-refractivity contribution < 1.29 is 19.4 Å². The number of fused-ring (bicyclic) bond motifs is 2. The topological polar surface area (TPSA) is 102 Å². The van der Waals surface area contributed by atoms with Gasteiger partial charge in [0.15, 0.2) is 5.72 Å². The van der Waals surface area contributed by atoms with E-state index < -0.39 is 5.72 Å². The maximum Gasteiger partial charge on any atom is 0.313 e. The number of hydrogen-bond donors (Lipinski definition) is 2. The average Bonchev–Trinajstić information content (AvgIpc) is 3.49. The number of carbonyl (C=O) groups is 2. The Labute approximate surface area is 239 Å². The van der Waals surface area contributed by atoms with Crippen LogP contribution in [0.1, 0.15) is 39.3 Å². The zero-order chi connectivity index (χ0) is 28.4. The Morgan fingerprint density at radius 3 is 2.59 bits per heavy atom. The number of carbonyl (C=O) groups excluding carboxylic acids is 2. The number of H-pyrrole nitrogens is 1. The highest BCUT2D eigenvalue weighted by molar-refractivity contribution is 6.00. The summed E-state index contributed by atoms with van der Waals surface area (Å²) in [6.45, 7) is 5.78. The number of ether oxygens (including phenoxy) is 1. The van der Waals surface area contributed by atoms with Gasteiger partial charge in [-0.25, -0.2) is 4.98 Å². The smallest absolute Gasteiger partial charge is 0.313 e. The van der Waals surface area contributed by atoms with E-state index in [0.29, 0.717) is 40.2 Å². The predicted molar refractivity (Wildman–Crippen MR) is 155 cm³/mol. The second kappa shape index (κ2) is 11.4. The summed E-state index contributed by atoms with van der Waals surface area (Å²) in [6, 6.07) is 22.2. The molecule has 3 heterocycles. The molecule has 0 bridgehead atoms. The van der Waals surface area contributed by atoms with Crippen LogP contribution in [0.5, 0.6) is 0 Å². The van der Waals surface area contributed by atoms with Crippen molar-refractivity contribution in [2.75, 3.05) is 46.4 Å². The SMILES string of the molecule is CN1CCN(CCCOC(=O)Cc2nc3ccc(C4(O)c5ccccc5C(=O)N4Cc4ccccc4)cc3[nH]2)CC1. The molecule has 212 valence electrons. The molecular weight excluding hydrogens is 518 g/mol. The Morgan fingerprint density at radius 1 is 1.02 bits per heavy atom. The van der Waals surface area contributed by atoms with E-state index in [4.69, 9.17) is 4.74 Å². The molecule has 4 aromatic rings. The van der Waals surface area contributed by atoms with Crippen LogP contribution in [-0.4, -0.2) is 88.0 Å². The number of aromatic amines is 1. The summed E-state index contributed by atoms with van der Waals surface area (Å²) < 4.78 is 5.48. The first-order valence-electron chi connectivity index (χ1n) is 14.2. The zero-order valence-corrected chi connectivity index (χ0v) is 23.3. The van der Waals surface area contributed by atoms with E-state index in [9.17, 15) is 14.7 Å². The van der Waals surface area contributed by atoms with Crippen molar-refractivity contribution in [3.63, 3.8) is 0 Å². The van der Waals surface area contributed by atoms with Crippen molar-refractivity contribution in [2.45, 2.75) is 25.1 Å². The van der Waals surface area contributed by atoms with Crippen LogP contribution in [0.2, 0.25) is 0 Å². The molecule has 1 amide bonds. The zero-order valence-electron chi connectivity index (χ0n) is 23.3. The van der Waals surface area contributed by atoms with Crippen molar-refractivity contribution in [3.05, 3.63) is 101 Å². The number of nitrogens with one attached hydrogen (secondary N) is 1. The maximum absolute atomic E-state index is 13.5. The monoisotopic (exact) mass is 553 g/mol. The number of aliphatic hydroxyl groups is 1. The van der Waals surface area contributed by atoms with Gasteiger partial charge in [-0.05, 0) is 37.2 Å². The molecule has 9 heteroatoms. The van der Waals surface area contributed by atoms with Crippen molar-refractivity contribution in [3.8, 4) is 0 Å². The van der Waals surface area contributed by atoms with Gasteiger partial charge in [-0.3, -0.25) is 14.5 Å². The molecule has 6 rings (SSSR count). The van der Waals surface area contributed by atoms with Gasteiger partial charge in [0, 0.05) is 56.0 Å². The molecular formula is C32H35N5O4. The van der Waals surface area contributed by atoms with E-state index in [1.165, 1.54) is 4.90 Å². The second-order valence-electron chi connectivity index (χ2n) is 10.9. The minimum atomic E-state index is -1.66. The van der Waals surface area contributed by atoms with Crippen LogP contribution in [0.15, 0.2) is 72.8 Å². The molecule has 41 heavy (non-hydrogen) atoms. The van der Waals surface area contributed by atoms with Crippen molar-refractivity contribution in [1.82, 2.24) is 24.7 Å². The Morgan fingerprint density at radius 2 is 1.78 bits per heavy atom. The average molecular weight is 554 g/mol. The summed E-state index contributed by atoms with van der Waals surface area (Å²) in [5.41, 5.74) is 2.16. The number of esters is 1. The van der Waals surface area contributed by atoms with Gasteiger partial charge in [-0.1, -0.05) is 54.6 Å². The number of imidazole rings is 1. The molecule has 2 aliphatic heterocycles. The summed E-state index contributed by atoms with van der Waals surface area (Å²) in [7, 11) is 2.13. The van der Waals surface area contributed by atoms with Crippen molar-refractivity contribution >= 4 is 22.9 Å². The van der Waals surface area contributed by atoms with E-state index >= 15 is 0 Å². The number of amides is 1. The fourth-order valence-electron chi connectivity index (χ4n) is 5.77. The summed E-state index contributed by atoms with van der Waals surface area (Å²) in [6.07, 6.45) is 0.835. The molecule has 1 saturated heterocycles. The van der Waals surface area contributed by atoms with Gasteiger partial charge >= 0.3 is 5.97 Å². The van der Waals surface area contributed by atoms with Crippen molar-refractivity contribution in [2.24, 2.45) is 0 Å². The molecule has 2 N–H and O–H groups in total. The van der Waals surface area contributed by atoms with Gasteiger partial charge < -0.3 is 24.6 Å². The highest BCUT2D eigenvalue weighted by atomic mass is 16.5. The summed E-state index contributed by atoms with van der Waals surface area (Å²) >= 11 is 0. The number of benzene rings is 3. The number of nitrogens with zero attached hydrogens (tertiary/aromatic N) is 4. The van der Waals surface area contributed by atoms with E-state index in [1.54, 1.807) is 36.4 Å². The molecule has 0 radical (unpaired) electrons. The van der Waals surface area contributed by atoms with Crippen molar-refractivity contribution in [1.29, 1.82) is 0 Å². The molecule has 2 aliphatic rings. The minimum Gasteiger partial charge on any atom is -0.465 e. The Bertz CT molecular complexity index is 1550. The number of likely N-dealkylation sites (N-methyl/N-ethyl adjacent to an activating group) is 1. The Balaban J connectivity index is 1.16. The van der Waals surface area contributed by atoms with E-state index in [2.05, 4.69) is 26.8 Å². The lowest BCUT2D eigenvalue weighted by Crippen LogP contribution is -2.44. The molecule has 0 spiro atoms. The van der Waals surface area contributed by atoms with Gasteiger partial charge in [0.25, 0.3) is 5.91 Å². The van der Waals surface area contributed by atoms with Crippen LogP contribution in [0.4, 0.5) is 0 Å². The first kappa shape index (κ1) is 27.1. The van der Waals surface area contributed by atoms with E-state index in [0.717, 1.165) is 44.7 Å². The van der Waals surface area contributed by atoms with Gasteiger partial charge in [0.05, 0.1) is 17.6 Å². The lowest BCUT2D eigenvalue weighted by atomic mass is 9.93. The van der Waals surface area contributed by atoms with Crippen LogP contribution < -0.4 is 0 Å². The molecule has 3 aromatic carbocycles. The number of aromatic nitrogens is 2. The van der Waals surface area contributed by atoms with E-state index in [-0.39, 0.29) is 24.8 Å². The highest BCUT2D eigenvalue weighted by Gasteiger charge is 2.49. The normalized spacial score (nSPS) is 19.6. The maximum atomic E-state index is 13.5. The fraction of sp³-hybridized carbons (Fsp3) is 0.344. The number of hydrogen-bond acceptors (Lipinski definition) is 7. The highest BCUT2D eigenvalue weighted by Crippen LogP contribution is 2.43. The first-order chi connectivity index (χ1) is 19.9. The largest absolute Gasteiger partial charge is 0.465 e. The standard InChI is InChI=1S/C32H35N5O4/c1-35-15-17-36(18-16-35)14-7-19-41-30(38)21-29-33-27-13-12-24(20-28(27)34-29)32(40)26-11-6-5-10-25(26)31(39)37(32)22-23-8-3-2-4-9-23/h2-6,8-13,20,40H,7,14-19,21-22H2,1H3,(H,33,34). The number of rotatable bonds is 9. The van der Waals surface area contributed by atoms with Crippen LogP contribution >= 0.6 is 0 Å². The molecule has 9 nitrogen and oxygen atoms in total. The fourth-order valence-corrected chi connectivity index (χ4v) is 5.77.